The lowest BCUT2D eigenvalue weighted by atomic mass is 9.61. The highest BCUT2D eigenvalue weighted by molar-refractivity contribution is 5.79. The van der Waals surface area contributed by atoms with Crippen molar-refractivity contribution in [1.29, 1.82) is 0 Å². The molecule has 0 aromatic heterocycles. The van der Waals surface area contributed by atoms with Gasteiger partial charge in [0, 0.05) is 18.5 Å². The van der Waals surface area contributed by atoms with Gasteiger partial charge in [0.15, 0.2) is 0 Å². The lowest BCUT2D eigenvalue weighted by Gasteiger charge is -2.46. The molecule has 3 unspecified atom stereocenters. The number of ether oxygens (including phenoxy) is 1. The summed E-state index contributed by atoms with van der Waals surface area (Å²) in [5, 5.41) is 2.99. The van der Waals surface area contributed by atoms with E-state index in [0.29, 0.717) is 19.1 Å². The van der Waals surface area contributed by atoms with Gasteiger partial charge in [-0.3, -0.25) is 4.79 Å². The van der Waals surface area contributed by atoms with E-state index in [1.54, 1.807) is 0 Å². The van der Waals surface area contributed by atoms with Crippen LogP contribution in [0, 0.1) is 17.3 Å². The number of nitrogens with two attached hydrogens (primary N) is 1. The predicted molar refractivity (Wildman–Crippen MR) is 77.7 cm³/mol. The second-order valence-electron chi connectivity index (χ2n) is 6.61. The van der Waals surface area contributed by atoms with Gasteiger partial charge in [0.05, 0.1) is 12.7 Å². The van der Waals surface area contributed by atoms with Gasteiger partial charge < -0.3 is 15.8 Å². The first-order valence-electron chi connectivity index (χ1n) is 7.41. The van der Waals surface area contributed by atoms with Gasteiger partial charge in [-0.05, 0) is 38.0 Å². The fourth-order valence-electron chi connectivity index (χ4n) is 2.91. The smallest absolute Gasteiger partial charge is 0.223 e. The van der Waals surface area contributed by atoms with Crippen LogP contribution in [0.15, 0.2) is 0 Å². The first kappa shape index (κ1) is 16.4. The lowest BCUT2D eigenvalue weighted by Crippen LogP contribution is -2.51. The zero-order valence-corrected chi connectivity index (χ0v) is 13.0. The minimum atomic E-state index is -0.0410. The Labute approximate surface area is 117 Å². The quantitative estimate of drug-likeness (QED) is 0.750. The minimum Gasteiger partial charge on any atom is -0.377 e. The second kappa shape index (κ2) is 6.71. The Morgan fingerprint density at radius 1 is 1.42 bits per heavy atom. The van der Waals surface area contributed by atoms with Crippen molar-refractivity contribution in [2.24, 2.45) is 23.0 Å². The summed E-state index contributed by atoms with van der Waals surface area (Å²) < 4.78 is 5.43. The number of nitrogens with one attached hydrogen (secondary N) is 1. The Kier molecular flexibility index (Phi) is 5.81. The molecule has 0 spiro atoms. The molecular formula is C15H30N2O2. The van der Waals surface area contributed by atoms with Crippen LogP contribution in [0.3, 0.4) is 0 Å². The highest BCUT2D eigenvalue weighted by Crippen LogP contribution is 2.44. The molecule has 0 bridgehead atoms. The highest BCUT2D eigenvalue weighted by atomic mass is 16.5. The van der Waals surface area contributed by atoms with Gasteiger partial charge in [0.25, 0.3) is 0 Å². The van der Waals surface area contributed by atoms with E-state index in [4.69, 9.17) is 10.5 Å². The van der Waals surface area contributed by atoms with E-state index in [1.807, 2.05) is 13.8 Å². The summed E-state index contributed by atoms with van der Waals surface area (Å²) in [4.78, 5) is 12.3. The largest absolute Gasteiger partial charge is 0.377 e. The van der Waals surface area contributed by atoms with Crippen LogP contribution in [0.25, 0.3) is 0 Å². The molecule has 0 radical (unpaired) electrons. The van der Waals surface area contributed by atoms with Gasteiger partial charge in [-0.15, -0.1) is 0 Å². The Balaban J connectivity index is 2.47. The molecule has 3 atom stereocenters. The van der Waals surface area contributed by atoms with Crippen molar-refractivity contribution in [1.82, 2.24) is 5.32 Å². The van der Waals surface area contributed by atoms with Crippen LogP contribution in [-0.4, -0.2) is 31.2 Å². The Morgan fingerprint density at radius 3 is 2.63 bits per heavy atom. The van der Waals surface area contributed by atoms with Crippen LogP contribution in [0.4, 0.5) is 0 Å². The monoisotopic (exact) mass is 270 g/mol. The van der Waals surface area contributed by atoms with E-state index in [0.717, 1.165) is 12.8 Å². The summed E-state index contributed by atoms with van der Waals surface area (Å²) in [5.41, 5.74) is 6.08. The van der Waals surface area contributed by atoms with Gasteiger partial charge in [-0.25, -0.2) is 0 Å². The maximum atomic E-state index is 12.3. The van der Waals surface area contributed by atoms with Gasteiger partial charge >= 0.3 is 0 Å². The Morgan fingerprint density at radius 2 is 2.05 bits per heavy atom. The normalized spacial score (nSPS) is 30.4. The topological polar surface area (TPSA) is 64.3 Å². The zero-order chi connectivity index (χ0) is 14.6. The third-order valence-corrected chi connectivity index (χ3v) is 4.67. The molecule has 4 heteroatoms. The van der Waals surface area contributed by atoms with E-state index in [1.165, 1.54) is 0 Å². The van der Waals surface area contributed by atoms with E-state index in [9.17, 15) is 4.79 Å². The first-order chi connectivity index (χ1) is 8.76. The van der Waals surface area contributed by atoms with Gasteiger partial charge in [0.1, 0.15) is 0 Å². The number of carbonyl (C=O) groups is 1. The molecule has 4 nitrogen and oxygen atoms in total. The molecule has 0 aromatic rings. The lowest BCUT2D eigenvalue weighted by molar-refractivity contribution is -0.132. The molecule has 1 aliphatic rings. The molecule has 0 aromatic carbocycles. The number of amides is 1. The Bertz CT molecular complexity index is 303. The first-order valence-corrected chi connectivity index (χ1v) is 7.41. The average Bonchev–Trinajstić information content (AvgIpc) is 2.31. The third-order valence-electron chi connectivity index (χ3n) is 4.67. The summed E-state index contributed by atoms with van der Waals surface area (Å²) in [6.07, 6.45) is 2.03. The summed E-state index contributed by atoms with van der Waals surface area (Å²) in [6.45, 7) is 11.6. The van der Waals surface area contributed by atoms with Gasteiger partial charge in [-0.2, -0.15) is 0 Å². The average molecular weight is 270 g/mol. The summed E-state index contributed by atoms with van der Waals surface area (Å²) in [5.74, 6) is 0.571. The maximum absolute atomic E-state index is 12.3. The molecule has 3 N–H and O–H groups in total. The van der Waals surface area contributed by atoms with Crippen LogP contribution in [0.1, 0.15) is 47.5 Å². The van der Waals surface area contributed by atoms with Crippen LogP contribution in [0.2, 0.25) is 0 Å². The predicted octanol–water partition coefficient (Wildman–Crippen LogP) is 1.93. The van der Waals surface area contributed by atoms with Gasteiger partial charge in [0.2, 0.25) is 5.91 Å². The standard InChI is InChI=1S/C15H30N2O2/c1-10(2)19-9-8-17-14(18)12-6-7-13(16)11(3)15(12,4)5/h10-13H,6-9,16H2,1-5H3,(H,17,18). The molecule has 0 heterocycles. The molecule has 1 saturated carbocycles. The minimum absolute atomic E-state index is 0.0410. The van der Waals surface area contributed by atoms with E-state index in [-0.39, 0.29) is 29.4 Å². The zero-order valence-electron chi connectivity index (χ0n) is 13.0. The number of hydrogen-bond acceptors (Lipinski definition) is 3. The molecule has 1 amide bonds. The summed E-state index contributed by atoms with van der Waals surface area (Å²) >= 11 is 0. The van der Waals surface area contributed by atoms with Crippen LogP contribution in [0.5, 0.6) is 0 Å². The van der Waals surface area contributed by atoms with Crippen LogP contribution < -0.4 is 11.1 Å². The summed E-state index contributed by atoms with van der Waals surface area (Å²) in [7, 11) is 0. The van der Waals surface area contributed by atoms with Crippen molar-refractivity contribution < 1.29 is 9.53 Å². The van der Waals surface area contributed by atoms with E-state index >= 15 is 0 Å². The fourth-order valence-corrected chi connectivity index (χ4v) is 2.91. The SMILES string of the molecule is CC(C)OCCNC(=O)C1CCC(N)C(C)C1(C)C. The van der Waals surface area contributed by atoms with Crippen molar-refractivity contribution in [3.8, 4) is 0 Å². The molecule has 0 saturated heterocycles. The molecular weight excluding hydrogens is 240 g/mol. The molecule has 112 valence electrons. The molecule has 1 rings (SSSR count). The summed E-state index contributed by atoms with van der Waals surface area (Å²) in [6, 6.07) is 0.211. The number of hydrogen-bond donors (Lipinski definition) is 2. The van der Waals surface area contributed by atoms with Crippen molar-refractivity contribution in [2.45, 2.75) is 59.6 Å². The molecule has 1 aliphatic carbocycles. The van der Waals surface area contributed by atoms with Crippen molar-refractivity contribution in [3.05, 3.63) is 0 Å². The van der Waals surface area contributed by atoms with Crippen molar-refractivity contribution in [3.63, 3.8) is 0 Å². The maximum Gasteiger partial charge on any atom is 0.223 e. The second-order valence-corrected chi connectivity index (χ2v) is 6.61. The number of rotatable bonds is 5. The Hall–Kier alpha value is -0.610. The molecule has 19 heavy (non-hydrogen) atoms. The van der Waals surface area contributed by atoms with E-state index in [2.05, 4.69) is 26.1 Å². The number of carbonyl (C=O) groups excluding carboxylic acids is 1. The van der Waals surface area contributed by atoms with Gasteiger partial charge in [-0.1, -0.05) is 20.8 Å². The third kappa shape index (κ3) is 4.18. The fraction of sp³-hybridized carbons (Fsp3) is 0.933. The van der Waals surface area contributed by atoms with Crippen LogP contribution >= 0.6 is 0 Å². The molecule has 1 fully saturated rings. The van der Waals surface area contributed by atoms with E-state index < -0.39 is 0 Å². The van der Waals surface area contributed by atoms with Crippen molar-refractivity contribution >= 4 is 5.91 Å². The highest BCUT2D eigenvalue weighted by Gasteiger charge is 2.44. The van der Waals surface area contributed by atoms with Crippen molar-refractivity contribution in [2.75, 3.05) is 13.2 Å². The molecule has 0 aliphatic heterocycles. The van der Waals surface area contributed by atoms with Crippen LogP contribution in [-0.2, 0) is 9.53 Å².